The molecule has 37 heavy (non-hydrogen) atoms. The average Bonchev–Trinajstić information content (AvgIpc) is 3.31. The Hall–Kier alpha value is -4.01. The van der Waals surface area contributed by atoms with Crippen molar-refractivity contribution in [2.75, 3.05) is 18.7 Å². The minimum Gasteiger partial charge on any atom is -0.383 e. The van der Waals surface area contributed by atoms with Crippen LogP contribution < -0.4 is 16.4 Å². The molecule has 1 unspecified atom stereocenters. The Bertz CT molecular complexity index is 1460. The number of hydrogen-bond donors (Lipinski definition) is 3. The highest BCUT2D eigenvalue weighted by atomic mass is 15.1. The number of nitrogens with zero attached hydrogens (tertiary/aromatic N) is 4. The minimum atomic E-state index is 0.439. The van der Waals surface area contributed by atoms with E-state index in [4.69, 9.17) is 15.7 Å². The third-order valence-electron chi connectivity index (χ3n) is 6.32. The maximum absolute atomic E-state index is 6.26. The molecule has 1 aliphatic rings. The van der Waals surface area contributed by atoms with E-state index in [-0.39, 0.29) is 0 Å². The van der Waals surface area contributed by atoms with Gasteiger partial charge >= 0.3 is 0 Å². The molecule has 0 saturated carbocycles. The Kier molecular flexibility index (Phi) is 7.58. The van der Waals surface area contributed by atoms with Gasteiger partial charge in [-0.3, -0.25) is 4.57 Å². The van der Waals surface area contributed by atoms with Gasteiger partial charge in [-0.1, -0.05) is 56.3 Å². The lowest BCUT2D eigenvalue weighted by Gasteiger charge is -2.26. The zero-order valence-electron chi connectivity index (χ0n) is 21.2. The highest BCUT2D eigenvalue weighted by Crippen LogP contribution is 2.31. The second-order valence-corrected chi connectivity index (χ2v) is 8.66. The molecule has 0 aliphatic carbocycles. The molecule has 185 valence electrons. The minimum absolute atomic E-state index is 0.439. The van der Waals surface area contributed by atoms with Crippen molar-refractivity contribution < 1.29 is 0 Å². The lowest BCUT2D eigenvalue weighted by Crippen LogP contribution is -2.56. The van der Waals surface area contributed by atoms with Gasteiger partial charge in [-0.15, -0.1) is 0 Å². The summed E-state index contributed by atoms with van der Waals surface area (Å²) < 4.78 is 2.07. The van der Waals surface area contributed by atoms with Crippen LogP contribution in [0.4, 0.5) is 5.82 Å². The summed E-state index contributed by atoms with van der Waals surface area (Å²) in [6.45, 7) is 5.75. The molecule has 2 aromatic carbocycles. The number of hydrogen-bond acceptors (Lipinski definition) is 6. The van der Waals surface area contributed by atoms with Gasteiger partial charge in [-0.25, -0.2) is 15.0 Å². The summed E-state index contributed by atoms with van der Waals surface area (Å²) in [6.07, 6.45) is 2.69. The highest BCUT2D eigenvalue weighted by Gasteiger charge is 2.19. The van der Waals surface area contributed by atoms with Crippen molar-refractivity contribution >= 4 is 24.3 Å². The maximum atomic E-state index is 6.26. The zero-order chi connectivity index (χ0) is 25.6. The number of fused-ring (bicyclic) bond motifs is 1. The van der Waals surface area contributed by atoms with Crippen LogP contribution in [0.3, 0.4) is 0 Å². The molecule has 1 aliphatic heterocycles. The number of anilines is 1. The van der Waals surface area contributed by atoms with E-state index in [2.05, 4.69) is 63.9 Å². The first-order valence-corrected chi connectivity index (χ1v) is 12.8. The lowest BCUT2D eigenvalue weighted by atomic mass is 9.62. The van der Waals surface area contributed by atoms with Crippen molar-refractivity contribution in [3.05, 3.63) is 90.6 Å². The average molecular weight is 488 g/mol. The number of rotatable bonds is 7. The standard InChI is InChI=1S/C27H25BN7.C2H6/c29-25-21(7-4-14-31-25)26-34-23-13-12-22(19-5-2-1-3-6-19)33-27(23)35(26)20-10-8-18(9-11-20)15-30-16-24-28-17-32-24;1-2/h1-14,24,30,32H,15-17H2,(H2,29,31);1-2H3. The molecule has 5 aromatic rings. The largest absolute Gasteiger partial charge is 0.383 e. The maximum Gasteiger partial charge on any atom is 0.165 e. The number of pyridine rings is 2. The number of nitrogens with two attached hydrogens (primary N) is 1. The Balaban J connectivity index is 0.00000137. The smallest absolute Gasteiger partial charge is 0.165 e. The van der Waals surface area contributed by atoms with E-state index in [1.165, 1.54) is 5.56 Å². The van der Waals surface area contributed by atoms with Gasteiger partial charge in [0.1, 0.15) is 11.3 Å². The molecule has 0 amide bonds. The molecule has 4 N–H and O–H groups in total. The van der Waals surface area contributed by atoms with E-state index in [1.54, 1.807) is 6.20 Å². The third-order valence-corrected chi connectivity index (χ3v) is 6.32. The van der Waals surface area contributed by atoms with Crippen LogP contribution in [-0.4, -0.2) is 45.7 Å². The van der Waals surface area contributed by atoms with E-state index in [9.17, 15) is 0 Å². The van der Waals surface area contributed by atoms with E-state index in [1.807, 2.05) is 56.3 Å². The first-order chi connectivity index (χ1) is 18.3. The van der Waals surface area contributed by atoms with Crippen LogP contribution in [0.15, 0.2) is 85.1 Å². The number of aromatic nitrogens is 4. The third kappa shape index (κ3) is 5.26. The van der Waals surface area contributed by atoms with Gasteiger partial charge < -0.3 is 16.4 Å². The molecular weight excluding hydrogens is 457 g/mol. The molecule has 8 heteroatoms. The van der Waals surface area contributed by atoms with Gasteiger partial charge in [0.25, 0.3) is 0 Å². The fourth-order valence-corrected chi connectivity index (χ4v) is 4.33. The van der Waals surface area contributed by atoms with Gasteiger partial charge in [0.2, 0.25) is 0 Å². The summed E-state index contributed by atoms with van der Waals surface area (Å²) in [4.78, 5) is 14.2. The molecule has 4 heterocycles. The monoisotopic (exact) mass is 488 g/mol. The Labute approximate surface area is 218 Å². The van der Waals surface area contributed by atoms with Crippen LogP contribution in [0.5, 0.6) is 0 Å². The highest BCUT2D eigenvalue weighted by molar-refractivity contribution is 6.41. The molecule has 1 radical (unpaired) electrons. The first kappa shape index (κ1) is 24.7. The van der Waals surface area contributed by atoms with Gasteiger partial charge in [0.05, 0.1) is 11.3 Å². The van der Waals surface area contributed by atoms with Crippen molar-refractivity contribution in [2.24, 2.45) is 0 Å². The molecule has 0 spiro atoms. The Morgan fingerprint density at radius 3 is 2.46 bits per heavy atom. The van der Waals surface area contributed by atoms with Crippen LogP contribution >= 0.6 is 0 Å². The van der Waals surface area contributed by atoms with Crippen LogP contribution in [0.25, 0.3) is 39.5 Å². The molecule has 1 fully saturated rings. The number of nitrogens with one attached hydrogen (secondary N) is 2. The number of imidazole rings is 1. The normalized spacial score (nSPS) is 14.4. The van der Waals surface area contributed by atoms with E-state index in [0.29, 0.717) is 11.8 Å². The molecule has 1 saturated heterocycles. The van der Waals surface area contributed by atoms with Crippen LogP contribution in [0.1, 0.15) is 19.4 Å². The molecule has 1 atom stereocenters. The predicted molar refractivity (Wildman–Crippen MR) is 153 cm³/mol. The van der Waals surface area contributed by atoms with Gasteiger partial charge in [-0.05, 0) is 54.3 Å². The van der Waals surface area contributed by atoms with Crippen LogP contribution in [-0.2, 0) is 6.54 Å². The first-order valence-electron chi connectivity index (χ1n) is 12.8. The fraction of sp³-hybridized carbons (Fsp3) is 0.207. The van der Waals surface area contributed by atoms with Gasteiger partial charge in [0.15, 0.2) is 18.8 Å². The molecular formula is C29H31BN7. The van der Waals surface area contributed by atoms with Gasteiger partial charge in [0, 0.05) is 30.5 Å². The molecule has 3 aromatic heterocycles. The molecule has 6 rings (SSSR count). The quantitative estimate of drug-likeness (QED) is 0.294. The lowest BCUT2D eigenvalue weighted by molar-refractivity contribution is 0.562. The summed E-state index contributed by atoms with van der Waals surface area (Å²) in [6, 6.07) is 26.5. The van der Waals surface area contributed by atoms with E-state index in [0.717, 1.165) is 59.0 Å². The van der Waals surface area contributed by atoms with Crippen molar-refractivity contribution in [1.29, 1.82) is 0 Å². The molecule has 7 nitrogen and oxygen atoms in total. The second-order valence-electron chi connectivity index (χ2n) is 8.66. The summed E-state index contributed by atoms with van der Waals surface area (Å²) in [5.74, 6) is 1.64. The summed E-state index contributed by atoms with van der Waals surface area (Å²) in [7, 11) is 2.28. The summed E-state index contributed by atoms with van der Waals surface area (Å²) in [5, 5.41) is 6.88. The Morgan fingerprint density at radius 1 is 0.973 bits per heavy atom. The summed E-state index contributed by atoms with van der Waals surface area (Å²) >= 11 is 0. The van der Waals surface area contributed by atoms with Crippen molar-refractivity contribution in [1.82, 2.24) is 30.2 Å². The van der Waals surface area contributed by atoms with Crippen molar-refractivity contribution in [2.45, 2.75) is 26.3 Å². The topological polar surface area (TPSA) is 93.7 Å². The van der Waals surface area contributed by atoms with Crippen molar-refractivity contribution in [3.63, 3.8) is 0 Å². The predicted octanol–water partition coefficient (Wildman–Crippen LogP) is 4.44. The molecule has 0 bridgehead atoms. The number of benzene rings is 2. The van der Waals surface area contributed by atoms with E-state index >= 15 is 0 Å². The van der Waals surface area contributed by atoms with Crippen molar-refractivity contribution in [3.8, 4) is 28.3 Å². The summed E-state index contributed by atoms with van der Waals surface area (Å²) in [5.41, 5.74) is 12.8. The number of nitrogen functional groups attached to an aromatic ring is 1. The Morgan fingerprint density at radius 2 is 1.76 bits per heavy atom. The van der Waals surface area contributed by atoms with Crippen LogP contribution in [0, 0.1) is 0 Å². The van der Waals surface area contributed by atoms with Crippen LogP contribution in [0.2, 0.25) is 0 Å². The van der Waals surface area contributed by atoms with Gasteiger partial charge in [-0.2, -0.15) is 0 Å². The fourth-order valence-electron chi connectivity index (χ4n) is 4.33. The van der Waals surface area contributed by atoms with E-state index < -0.39 is 0 Å². The SMILES string of the molecule is CC.Nc1ncccc1-c1nc2ccc(-c3ccccc3)nc2n1-c1ccc(CNCC2[B]CN2)cc1. The second kappa shape index (κ2) is 11.4. The zero-order valence-corrected chi connectivity index (χ0v) is 21.2.